The zero-order valence-corrected chi connectivity index (χ0v) is 12.9. The van der Waals surface area contributed by atoms with Crippen molar-refractivity contribution in [3.8, 4) is 0 Å². The molecule has 0 aromatic carbocycles. The van der Waals surface area contributed by atoms with Gasteiger partial charge < -0.3 is 5.73 Å². The van der Waals surface area contributed by atoms with E-state index in [1.54, 1.807) is 0 Å². The third kappa shape index (κ3) is 5.07. The topological polar surface area (TPSA) is 29.3 Å². The van der Waals surface area contributed by atoms with Gasteiger partial charge in [-0.3, -0.25) is 4.90 Å². The molecule has 1 saturated carbocycles. The molecule has 19 heavy (non-hydrogen) atoms. The third-order valence-corrected chi connectivity index (χ3v) is 5.29. The summed E-state index contributed by atoms with van der Waals surface area (Å²) in [5, 5.41) is 0. The minimum absolute atomic E-state index is 0.418. The number of rotatable bonds is 1. The van der Waals surface area contributed by atoms with E-state index in [1.165, 1.54) is 77.2 Å². The summed E-state index contributed by atoms with van der Waals surface area (Å²) in [6.07, 6.45) is 15.9. The molecule has 2 aliphatic rings. The number of hydrogen-bond donors (Lipinski definition) is 1. The van der Waals surface area contributed by atoms with Crippen LogP contribution in [0.5, 0.6) is 0 Å². The van der Waals surface area contributed by atoms with Crippen molar-refractivity contribution < 1.29 is 0 Å². The van der Waals surface area contributed by atoms with Crippen molar-refractivity contribution >= 4 is 0 Å². The van der Waals surface area contributed by atoms with Gasteiger partial charge in [0.15, 0.2) is 0 Å². The van der Waals surface area contributed by atoms with Gasteiger partial charge in [-0.25, -0.2) is 0 Å². The third-order valence-electron chi connectivity index (χ3n) is 5.29. The Labute approximate surface area is 120 Å². The van der Waals surface area contributed by atoms with Crippen molar-refractivity contribution in [2.45, 2.75) is 89.6 Å². The zero-order chi connectivity index (χ0) is 13.5. The molecule has 0 aromatic rings. The van der Waals surface area contributed by atoms with Crippen molar-refractivity contribution in [2.75, 3.05) is 13.1 Å². The average molecular weight is 266 g/mol. The van der Waals surface area contributed by atoms with Gasteiger partial charge in [0.1, 0.15) is 0 Å². The average Bonchev–Trinajstić information content (AvgIpc) is 2.70. The van der Waals surface area contributed by atoms with E-state index < -0.39 is 0 Å². The molecule has 2 unspecified atom stereocenters. The first-order valence-corrected chi connectivity index (χ1v) is 8.77. The molecule has 0 radical (unpaired) electrons. The van der Waals surface area contributed by atoms with Crippen LogP contribution in [-0.4, -0.2) is 30.1 Å². The fraction of sp³-hybridized carbons (Fsp3) is 1.00. The van der Waals surface area contributed by atoms with Crippen molar-refractivity contribution in [2.24, 2.45) is 11.7 Å². The molecule has 0 bridgehead atoms. The highest BCUT2D eigenvalue weighted by atomic mass is 15.2. The van der Waals surface area contributed by atoms with E-state index in [2.05, 4.69) is 11.8 Å². The van der Waals surface area contributed by atoms with Crippen LogP contribution < -0.4 is 5.73 Å². The minimum Gasteiger partial charge on any atom is -0.326 e. The zero-order valence-electron chi connectivity index (χ0n) is 12.9. The molecule has 2 fully saturated rings. The monoisotopic (exact) mass is 266 g/mol. The summed E-state index contributed by atoms with van der Waals surface area (Å²) in [7, 11) is 0. The lowest BCUT2D eigenvalue weighted by atomic mass is 9.97. The Morgan fingerprint density at radius 1 is 0.737 bits per heavy atom. The molecule has 0 aromatic heterocycles. The van der Waals surface area contributed by atoms with E-state index >= 15 is 0 Å². The Bertz CT molecular complexity index is 219. The summed E-state index contributed by atoms with van der Waals surface area (Å²) in [6.45, 7) is 4.71. The van der Waals surface area contributed by atoms with Gasteiger partial charge >= 0.3 is 0 Å². The van der Waals surface area contributed by atoms with E-state index in [9.17, 15) is 0 Å². The fourth-order valence-electron chi connectivity index (χ4n) is 3.84. The van der Waals surface area contributed by atoms with Gasteiger partial charge in [0.2, 0.25) is 0 Å². The maximum atomic E-state index is 6.21. The van der Waals surface area contributed by atoms with Crippen molar-refractivity contribution in [3.63, 3.8) is 0 Å². The van der Waals surface area contributed by atoms with Crippen LogP contribution in [0.4, 0.5) is 0 Å². The van der Waals surface area contributed by atoms with E-state index in [0.29, 0.717) is 12.0 Å². The molecule has 1 aliphatic heterocycles. The maximum Gasteiger partial charge on any atom is 0.0206 e. The number of nitrogens with zero attached hydrogens (tertiary/aromatic N) is 1. The second-order valence-electron chi connectivity index (χ2n) is 7.01. The van der Waals surface area contributed by atoms with Gasteiger partial charge in [-0.15, -0.1) is 0 Å². The Morgan fingerprint density at radius 2 is 1.21 bits per heavy atom. The molecule has 0 amide bonds. The van der Waals surface area contributed by atoms with Crippen molar-refractivity contribution in [1.29, 1.82) is 0 Å². The van der Waals surface area contributed by atoms with E-state index in [4.69, 9.17) is 5.73 Å². The molecule has 2 rings (SSSR count). The van der Waals surface area contributed by atoms with Crippen LogP contribution in [0.1, 0.15) is 77.6 Å². The Morgan fingerprint density at radius 3 is 1.63 bits per heavy atom. The molecule has 112 valence electrons. The number of hydrogen-bond acceptors (Lipinski definition) is 2. The van der Waals surface area contributed by atoms with Crippen LogP contribution >= 0.6 is 0 Å². The number of likely N-dealkylation sites (tertiary alicyclic amines) is 1. The summed E-state index contributed by atoms with van der Waals surface area (Å²) < 4.78 is 0. The van der Waals surface area contributed by atoms with Crippen molar-refractivity contribution in [3.05, 3.63) is 0 Å². The second kappa shape index (κ2) is 8.26. The lowest BCUT2D eigenvalue weighted by molar-refractivity contribution is 0.202. The van der Waals surface area contributed by atoms with Gasteiger partial charge in [0.25, 0.3) is 0 Å². The molecule has 2 nitrogen and oxygen atoms in total. The highest BCUT2D eigenvalue weighted by Crippen LogP contribution is 2.25. The lowest BCUT2D eigenvalue weighted by Crippen LogP contribution is -2.35. The molecule has 1 saturated heterocycles. The van der Waals surface area contributed by atoms with Crippen LogP contribution in [0, 0.1) is 5.92 Å². The van der Waals surface area contributed by atoms with Gasteiger partial charge in [0.05, 0.1) is 0 Å². The predicted molar refractivity (Wildman–Crippen MR) is 83.3 cm³/mol. The summed E-state index contributed by atoms with van der Waals surface area (Å²) in [5.74, 6) is 0.696. The summed E-state index contributed by atoms with van der Waals surface area (Å²) in [5.41, 5.74) is 6.21. The van der Waals surface area contributed by atoms with Crippen molar-refractivity contribution in [1.82, 2.24) is 4.90 Å². The second-order valence-corrected chi connectivity index (χ2v) is 7.01. The smallest absolute Gasteiger partial charge is 0.0206 e. The van der Waals surface area contributed by atoms with Crippen LogP contribution in [-0.2, 0) is 0 Å². The molecular formula is C17H34N2. The molecular weight excluding hydrogens is 232 g/mol. The fourth-order valence-corrected chi connectivity index (χ4v) is 3.84. The molecule has 2 heteroatoms. The molecule has 2 atom stereocenters. The van der Waals surface area contributed by atoms with Gasteiger partial charge in [0, 0.05) is 25.2 Å². The normalized spacial score (nSPS) is 33.8. The number of nitrogens with two attached hydrogens (primary N) is 1. The summed E-state index contributed by atoms with van der Waals surface area (Å²) in [4.78, 5) is 2.71. The van der Waals surface area contributed by atoms with Gasteiger partial charge in [-0.1, -0.05) is 64.7 Å². The largest absolute Gasteiger partial charge is 0.326 e. The highest BCUT2D eigenvalue weighted by molar-refractivity contribution is 4.88. The summed E-state index contributed by atoms with van der Waals surface area (Å²) >= 11 is 0. The van der Waals surface area contributed by atoms with Crippen LogP contribution in [0.2, 0.25) is 0 Å². The van der Waals surface area contributed by atoms with E-state index in [-0.39, 0.29) is 0 Å². The molecule has 1 heterocycles. The standard InChI is InChI=1S/C17H34N2/c1-15-13-19(14-17(15)18)16-11-9-7-5-3-2-4-6-8-10-12-16/h15-17H,2-14,18H2,1H3. The van der Waals surface area contributed by atoms with Crippen LogP contribution in [0.15, 0.2) is 0 Å². The van der Waals surface area contributed by atoms with Gasteiger partial charge in [-0.05, 0) is 18.8 Å². The Balaban J connectivity index is 1.81. The first-order valence-electron chi connectivity index (χ1n) is 8.77. The molecule has 1 aliphatic carbocycles. The molecule has 2 N–H and O–H groups in total. The minimum atomic E-state index is 0.418. The highest BCUT2D eigenvalue weighted by Gasteiger charge is 2.30. The predicted octanol–water partition coefficient (Wildman–Crippen LogP) is 3.94. The maximum absolute atomic E-state index is 6.21. The lowest BCUT2D eigenvalue weighted by Gasteiger charge is -2.28. The molecule has 0 spiro atoms. The SMILES string of the molecule is CC1CN(C2CCCCCCCCCCC2)CC1N. The van der Waals surface area contributed by atoms with Crippen LogP contribution in [0.25, 0.3) is 0 Å². The van der Waals surface area contributed by atoms with E-state index in [1.807, 2.05) is 0 Å². The first-order chi connectivity index (χ1) is 9.27. The Hall–Kier alpha value is -0.0800. The van der Waals surface area contributed by atoms with Gasteiger partial charge in [-0.2, -0.15) is 0 Å². The summed E-state index contributed by atoms with van der Waals surface area (Å²) in [6, 6.07) is 1.25. The van der Waals surface area contributed by atoms with Crippen LogP contribution in [0.3, 0.4) is 0 Å². The quantitative estimate of drug-likeness (QED) is 0.779. The Kier molecular flexibility index (Phi) is 6.66. The first kappa shape index (κ1) is 15.3. The van der Waals surface area contributed by atoms with E-state index in [0.717, 1.165) is 12.6 Å².